The van der Waals surface area contributed by atoms with E-state index in [-0.39, 0.29) is 12.0 Å². The summed E-state index contributed by atoms with van der Waals surface area (Å²) in [7, 11) is 0. The lowest BCUT2D eigenvalue weighted by Crippen LogP contribution is -2.41. The number of hydrogen-bond donors (Lipinski definition) is 1. The van der Waals surface area contributed by atoms with Gasteiger partial charge >= 0.3 is 5.69 Å². The SMILES string of the molecule is CC(C1CCCC1)n1c(=O)[nH]c(Cl)c(F)c1=O. The number of nitrogens with one attached hydrogen (secondary N) is 1. The lowest BCUT2D eigenvalue weighted by Gasteiger charge is -2.20. The summed E-state index contributed by atoms with van der Waals surface area (Å²) in [4.78, 5) is 25.5. The van der Waals surface area contributed by atoms with Crippen LogP contribution in [0.1, 0.15) is 38.6 Å². The Labute approximate surface area is 102 Å². The van der Waals surface area contributed by atoms with Crippen molar-refractivity contribution in [1.29, 1.82) is 0 Å². The van der Waals surface area contributed by atoms with Crippen LogP contribution in [0.2, 0.25) is 5.15 Å². The quantitative estimate of drug-likeness (QED) is 0.828. The Morgan fingerprint density at radius 3 is 2.59 bits per heavy atom. The molecule has 0 bridgehead atoms. The van der Waals surface area contributed by atoms with Crippen LogP contribution in [-0.2, 0) is 0 Å². The molecule has 0 saturated heterocycles. The molecule has 1 unspecified atom stereocenters. The average molecular weight is 261 g/mol. The standard InChI is InChI=1S/C11H14ClFN2O2/c1-6(7-4-2-3-5-7)15-10(16)8(13)9(12)14-11(15)17/h6-7H,2-5H2,1H3,(H,14,17). The normalized spacial score (nSPS) is 18.5. The van der Waals surface area contributed by atoms with E-state index >= 15 is 0 Å². The highest BCUT2D eigenvalue weighted by molar-refractivity contribution is 6.29. The van der Waals surface area contributed by atoms with Crippen molar-refractivity contribution in [3.05, 3.63) is 31.8 Å². The van der Waals surface area contributed by atoms with Crippen LogP contribution in [0.5, 0.6) is 0 Å². The Hall–Kier alpha value is -1.10. The van der Waals surface area contributed by atoms with Crippen LogP contribution in [0.3, 0.4) is 0 Å². The maximum absolute atomic E-state index is 13.4. The molecule has 1 aliphatic rings. The summed E-state index contributed by atoms with van der Waals surface area (Å²) in [6.45, 7) is 1.78. The molecular weight excluding hydrogens is 247 g/mol. The van der Waals surface area contributed by atoms with Crippen LogP contribution in [0.25, 0.3) is 0 Å². The summed E-state index contributed by atoms with van der Waals surface area (Å²) >= 11 is 5.41. The van der Waals surface area contributed by atoms with E-state index < -0.39 is 22.2 Å². The topological polar surface area (TPSA) is 54.9 Å². The first-order valence-electron chi connectivity index (χ1n) is 5.72. The van der Waals surface area contributed by atoms with Crippen LogP contribution in [0.4, 0.5) is 4.39 Å². The van der Waals surface area contributed by atoms with Gasteiger partial charge in [-0.1, -0.05) is 24.4 Å². The molecule has 17 heavy (non-hydrogen) atoms. The van der Waals surface area contributed by atoms with Gasteiger partial charge in [0.1, 0.15) is 0 Å². The van der Waals surface area contributed by atoms with Gasteiger partial charge in [-0.15, -0.1) is 0 Å². The fraction of sp³-hybridized carbons (Fsp3) is 0.636. The highest BCUT2D eigenvalue weighted by atomic mass is 35.5. The molecule has 2 rings (SSSR count). The van der Waals surface area contributed by atoms with E-state index in [4.69, 9.17) is 11.6 Å². The van der Waals surface area contributed by atoms with Crippen molar-refractivity contribution >= 4 is 11.6 Å². The van der Waals surface area contributed by atoms with Gasteiger partial charge in [-0.05, 0) is 25.7 Å². The van der Waals surface area contributed by atoms with Gasteiger partial charge in [0.05, 0.1) is 0 Å². The lowest BCUT2D eigenvalue weighted by atomic mass is 10.00. The molecule has 94 valence electrons. The Kier molecular flexibility index (Phi) is 3.38. The van der Waals surface area contributed by atoms with Crippen molar-refractivity contribution in [1.82, 2.24) is 9.55 Å². The van der Waals surface area contributed by atoms with Gasteiger partial charge in [0.25, 0.3) is 5.56 Å². The van der Waals surface area contributed by atoms with Gasteiger partial charge in [-0.3, -0.25) is 14.3 Å². The average Bonchev–Trinajstić information content (AvgIpc) is 2.79. The minimum absolute atomic E-state index is 0.259. The lowest BCUT2D eigenvalue weighted by molar-refractivity contribution is 0.335. The summed E-state index contributed by atoms with van der Waals surface area (Å²) < 4.78 is 14.3. The van der Waals surface area contributed by atoms with E-state index in [9.17, 15) is 14.0 Å². The van der Waals surface area contributed by atoms with E-state index in [0.717, 1.165) is 30.3 Å². The second kappa shape index (κ2) is 4.64. The van der Waals surface area contributed by atoms with E-state index in [1.807, 2.05) is 0 Å². The van der Waals surface area contributed by atoms with Gasteiger partial charge in [0, 0.05) is 6.04 Å². The molecular formula is C11H14ClFN2O2. The van der Waals surface area contributed by atoms with Crippen molar-refractivity contribution in [3.63, 3.8) is 0 Å². The molecule has 1 heterocycles. The molecule has 0 radical (unpaired) electrons. The maximum Gasteiger partial charge on any atom is 0.329 e. The first kappa shape index (κ1) is 12.4. The van der Waals surface area contributed by atoms with E-state index in [2.05, 4.69) is 4.98 Å². The fourth-order valence-corrected chi connectivity index (χ4v) is 2.68. The molecule has 4 nitrogen and oxygen atoms in total. The van der Waals surface area contributed by atoms with Crippen LogP contribution >= 0.6 is 11.6 Å². The van der Waals surface area contributed by atoms with Crippen molar-refractivity contribution < 1.29 is 4.39 Å². The zero-order valence-corrected chi connectivity index (χ0v) is 10.3. The van der Waals surface area contributed by atoms with Crippen LogP contribution in [0, 0.1) is 11.7 Å². The zero-order chi connectivity index (χ0) is 12.6. The summed E-state index contributed by atoms with van der Waals surface area (Å²) in [5.74, 6) is -0.828. The monoisotopic (exact) mass is 260 g/mol. The van der Waals surface area contributed by atoms with E-state index in [1.165, 1.54) is 0 Å². The number of aromatic nitrogens is 2. The summed E-state index contributed by atoms with van der Waals surface area (Å²) in [5, 5.41) is -0.519. The van der Waals surface area contributed by atoms with Gasteiger partial charge in [-0.25, -0.2) is 4.79 Å². The minimum Gasteiger partial charge on any atom is -0.295 e. The third-order valence-electron chi connectivity index (χ3n) is 3.52. The molecule has 1 atom stereocenters. The maximum atomic E-state index is 13.4. The zero-order valence-electron chi connectivity index (χ0n) is 9.50. The van der Waals surface area contributed by atoms with Crippen LogP contribution in [-0.4, -0.2) is 9.55 Å². The Balaban J connectivity index is 2.48. The van der Waals surface area contributed by atoms with E-state index in [0.29, 0.717) is 0 Å². The van der Waals surface area contributed by atoms with E-state index in [1.54, 1.807) is 6.92 Å². The molecule has 1 aliphatic carbocycles. The van der Waals surface area contributed by atoms with Crippen LogP contribution < -0.4 is 11.2 Å². The van der Waals surface area contributed by atoms with Crippen molar-refractivity contribution in [2.24, 2.45) is 5.92 Å². The fourth-order valence-electron chi connectivity index (χ4n) is 2.52. The molecule has 1 aromatic heterocycles. The molecule has 1 N–H and O–H groups in total. The predicted octanol–water partition coefficient (Wildman–Crippen LogP) is 2.08. The van der Waals surface area contributed by atoms with Gasteiger partial charge in [0.15, 0.2) is 5.15 Å². The van der Waals surface area contributed by atoms with Crippen molar-refractivity contribution in [2.75, 3.05) is 0 Å². The van der Waals surface area contributed by atoms with Gasteiger partial charge in [-0.2, -0.15) is 4.39 Å². The van der Waals surface area contributed by atoms with Crippen molar-refractivity contribution in [3.8, 4) is 0 Å². The number of aromatic amines is 1. The summed E-state index contributed by atoms with van der Waals surface area (Å²) in [6, 6.07) is -0.291. The molecule has 0 amide bonds. The highest BCUT2D eigenvalue weighted by Gasteiger charge is 2.26. The molecule has 1 saturated carbocycles. The van der Waals surface area contributed by atoms with Gasteiger partial charge < -0.3 is 0 Å². The summed E-state index contributed by atoms with van der Waals surface area (Å²) in [6.07, 6.45) is 4.13. The van der Waals surface area contributed by atoms with Crippen molar-refractivity contribution in [2.45, 2.75) is 38.6 Å². The smallest absolute Gasteiger partial charge is 0.295 e. The largest absolute Gasteiger partial charge is 0.329 e. The third kappa shape index (κ3) is 2.16. The Morgan fingerprint density at radius 2 is 2.00 bits per heavy atom. The molecule has 1 fully saturated rings. The second-order valence-corrected chi connectivity index (χ2v) is 4.90. The third-order valence-corrected chi connectivity index (χ3v) is 3.78. The highest BCUT2D eigenvalue weighted by Crippen LogP contribution is 2.32. The van der Waals surface area contributed by atoms with Gasteiger partial charge in [0.2, 0.25) is 5.82 Å². The molecule has 0 spiro atoms. The molecule has 0 aromatic carbocycles. The number of hydrogen-bond acceptors (Lipinski definition) is 2. The number of rotatable bonds is 2. The molecule has 6 heteroatoms. The first-order valence-corrected chi connectivity index (χ1v) is 6.10. The Morgan fingerprint density at radius 1 is 1.41 bits per heavy atom. The second-order valence-electron chi connectivity index (χ2n) is 4.52. The minimum atomic E-state index is -1.09. The number of H-pyrrole nitrogens is 1. The number of halogens is 2. The molecule has 0 aliphatic heterocycles. The number of nitrogens with zero attached hydrogens (tertiary/aromatic N) is 1. The van der Waals surface area contributed by atoms with Crippen LogP contribution in [0.15, 0.2) is 9.59 Å². The first-order chi connectivity index (χ1) is 8.02. The Bertz CT molecular complexity index is 531. The molecule has 1 aromatic rings. The predicted molar refractivity (Wildman–Crippen MR) is 63.0 cm³/mol. The summed E-state index contributed by atoms with van der Waals surface area (Å²) in [5.41, 5.74) is -1.57.